The Kier molecular flexibility index (Phi) is 3.46. The maximum Gasteiger partial charge on any atom is 0.325 e. The largest absolute Gasteiger partial charge is 0.480 e. The van der Waals surface area contributed by atoms with E-state index in [0.717, 1.165) is 5.56 Å². The summed E-state index contributed by atoms with van der Waals surface area (Å²) in [5.41, 5.74) is 0.789. The van der Waals surface area contributed by atoms with Crippen LogP contribution in [0.2, 0.25) is 0 Å². The first-order valence-corrected chi connectivity index (χ1v) is 4.27. The third kappa shape index (κ3) is 2.56. The van der Waals surface area contributed by atoms with Crippen molar-refractivity contribution >= 4 is 5.97 Å². The van der Waals surface area contributed by atoms with Gasteiger partial charge in [-0.2, -0.15) is 0 Å². The van der Waals surface area contributed by atoms with Crippen molar-refractivity contribution in [3.8, 4) is 0 Å². The Balaban J connectivity index is 2.82. The van der Waals surface area contributed by atoms with Crippen LogP contribution in [0, 0.1) is 0 Å². The fraction of sp³-hybridized carbons (Fsp3) is 0.300. The lowest BCUT2D eigenvalue weighted by Crippen LogP contribution is -2.28. The van der Waals surface area contributed by atoms with Crippen molar-refractivity contribution in [2.24, 2.45) is 0 Å². The molecule has 70 valence electrons. The van der Waals surface area contributed by atoms with Crippen LogP contribution in [0.3, 0.4) is 0 Å². The number of nitrogens with one attached hydrogen (secondary N) is 1. The molecule has 1 rings (SSSR count). The van der Waals surface area contributed by atoms with Gasteiger partial charge in [0, 0.05) is 0 Å². The van der Waals surface area contributed by atoms with E-state index in [1.807, 2.05) is 25.1 Å². The van der Waals surface area contributed by atoms with E-state index in [4.69, 9.17) is 5.11 Å². The molecule has 0 unspecified atom stereocenters. The Bertz CT molecular complexity index is 272. The lowest BCUT2D eigenvalue weighted by molar-refractivity contribution is -0.139. The van der Waals surface area contributed by atoms with Gasteiger partial charge in [-0.3, -0.25) is 4.79 Å². The molecule has 0 saturated heterocycles. The first-order chi connectivity index (χ1) is 6.25. The molecule has 0 bridgehead atoms. The van der Waals surface area contributed by atoms with Crippen LogP contribution in [-0.4, -0.2) is 17.6 Å². The van der Waals surface area contributed by atoms with Crippen molar-refractivity contribution < 1.29 is 9.90 Å². The Hall–Kier alpha value is -1.35. The topological polar surface area (TPSA) is 49.3 Å². The zero-order chi connectivity index (χ0) is 9.68. The summed E-state index contributed by atoms with van der Waals surface area (Å²) in [4.78, 5) is 10.8. The van der Waals surface area contributed by atoms with E-state index < -0.39 is 12.0 Å². The number of likely N-dealkylation sites (N-methyl/N-ethyl adjacent to an activating group) is 1. The van der Waals surface area contributed by atoms with Crippen molar-refractivity contribution in [1.29, 1.82) is 0 Å². The van der Waals surface area contributed by atoms with Crippen LogP contribution in [0.15, 0.2) is 30.3 Å². The third-order valence-corrected chi connectivity index (χ3v) is 1.79. The van der Waals surface area contributed by atoms with Gasteiger partial charge in [0.1, 0.15) is 6.04 Å². The molecule has 0 aliphatic carbocycles. The van der Waals surface area contributed by atoms with Gasteiger partial charge in [-0.05, 0) is 12.1 Å². The average molecular weight is 179 g/mol. The highest BCUT2D eigenvalue weighted by Gasteiger charge is 2.17. The number of carboxylic acids is 1. The average Bonchev–Trinajstić information content (AvgIpc) is 2.15. The smallest absolute Gasteiger partial charge is 0.325 e. The predicted octanol–water partition coefficient (Wildman–Crippen LogP) is 1.42. The molecule has 0 spiro atoms. The van der Waals surface area contributed by atoms with Gasteiger partial charge < -0.3 is 10.4 Å². The monoisotopic (exact) mass is 179 g/mol. The van der Waals surface area contributed by atoms with Crippen LogP contribution in [0.25, 0.3) is 0 Å². The van der Waals surface area contributed by atoms with Crippen LogP contribution >= 0.6 is 0 Å². The highest BCUT2D eigenvalue weighted by molar-refractivity contribution is 5.75. The van der Waals surface area contributed by atoms with Crippen molar-refractivity contribution in [2.75, 3.05) is 6.54 Å². The molecule has 1 aromatic carbocycles. The summed E-state index contributed by atoms with van der Waals surface area (Å²) in [6, 6.07) is 8.56. The summed E-state index contributed by atoms with van der Waals surface area (Å²) in [7, 11) is 0. The number of carbonyl (C=O) groups is 1. The number of benzene rings is 1. The van der Waals surface area contributed by atoms with Gasteiger partial charge in [-0.25, -0.2) is 0 Å². The quantitative estimate of drug-likeness (QED) is 0.735. The minimum atomic E-state index is -0.840. The molecule has 2 N–H and O–H groups in total. The summed E-state index contributed by atoms with van der Waals surface area (Å²) in [6.07, 6.45) is 0. The molecular weight excluding hydrogens is 166 g/mol. The number of carboxylic acid groups (broad SMARTS) is 1. The molecule has 13 heavy (non-hydrogen) atoms. The first-order valence-electron chi connectivity index (χ1n) is 4.27. The van der Waals surface area contributed by atoms with E-state index in [1.165, 1.54) is 0 Å². The molecule has 0 saturated carbocycles. The third-order valence-electron chi connectivity index (χ3n) is 1.79. The molecule has 0 aliphatic heterocycles. The molecule has 0 heterocycles. The number of rotatable bonds is 4. The van der Waals surface area contributed by atoms with E-state index in [-0.39, 0.29) is 0 Å². The zero-order valence-corrected chi connectivity index (χ0v) is 7.53. The molecule has 3 nitrogen and oxygen atoms in total. The van der Waals surface area contributed by atoms with E-state index in [2.05, 4.69) is 5.32 Å². The maximum atomic E-state index is 10.8. The second-order valence-corrected chi connectivity index (χ2v) is 2.74. The molecule has 0 aliphatic rings. The van der Waals surface area contributed by atoms with Gasteiger partial charge in [-0.1, -0.05) is 37.3 Å². The van der Waals surface area contributed by atoms with Crippen molar-refractivity contribution in [1.82, 2.24) is 5.32 Å². The first kappa shape index (κ1) is 9.74. The minimum Gasteiger partial charge on any atom is -0.480 e. The van der Waals surface area contributed by atoms with Crippen LogP contribution in [0.4, 0.5) is 0 Å². The fourth-order valence-corrected chi connectivity index (χ4v) is 1.20. The molecule has 1 aromatic rings. The second-order valence-electron chi connectivity index (χ2n) is 2.74. The molecular formula is C10H13NO2. The Morgan fingerprint density at radius 2 is 2.08 bits per heavy atom. The van der Waals surface area contributed by atoms with Crippen LogP contribution in [0.1, 0.15) is 18.5 Å². The summed E-state index contributed by atoms with van der Waals surface area (Å²) in [5, 5.41) is 11.8. The van der Waals surface area contributed by atoms with E-state index >= 15 is 0 Å². The van der Waals surface area contributed by atoms with Crippen LogP contribution < -0.4 is 5.32 Å². The summed E-state index contributed by atoms with van der Waals surface area (Å²) < 4.78 is 0. The van der Waals surface area contributed by atoms with Gasteiger partial charge >= 0.3 is 5.97 Å². The number of hydrogen-bond donors (Lipinski definition) is 2. The molecule has 0 radical (unpaired) electrons. The zero-order valence-electron chi connectivity index (χ0n) is 7.53. The summed E-state index contributed by atoms with van der Waals surface area (Å²) in [5.74, 6) is -0.840. The SMILES string of the molecule is CCN[C@@H](C(=O)O)c1ccccc1. The van der Waals surface area contributed by atoms with Gasteiger partial charge in [0.15, 0.2) is 0 Å². The molecule has 3 heteroatoms. The Labute approximate surface area is 77.4 Å². The van der Waals surface area contributed by atoms with Crippen LogP contribution in [-0.2, 0) is 4.79 Å². The standard InChI is InChI=1S/C10H13NO2/c1-2-11-9(10(12)13)8-6-4-3-5-7-8/h3-7,9,11H,2H2,1H3,(H,12,13)/t9-/m1/s1. The maximum absolute atomic E-state index is 10.8. The molecule has 0 fully saturated rings. The molecule has 0 aromatic heterocycles. The van der Waals surface area contributed by atoms with Crippen molar-refractivity contribution in [3.63, 3.8) is 0 Å². The van der Waals surface area contributed by atoms with Gasteiger partial charge in [0.05, 0.1) is 0 Å². The van der Waals surface area contributed by atoms with Crippen molar-refractivity contribution in [3.05, 3.63) is 35.9 Å². The van der Waals surface area contributed by atoms with Crippen molar-refractivity contribution in [2.45, 2.75) is 13.0 Å². The Morgan fingerprint density at radius 1 is 1.46 bits per heavy atom. The number of hydrogen-bond acceptors (Lipinski definition) is 2. The van der Waals surface area contributed by atoms with Crippen LogP contribution in [0.5, 0.6) is 0 Å². The summed E-state index contributed by atoms with van der Waals surface area (Å²) >= 11 is 0. The highest BCUT2D eigenvalue weighted by Crippen LogP contribution is 2.11. The number of aliphatic carboxylic acids is 1. The minimum absolute atomic E-state index is 0.591. The second kappa shape index (κ2) is 4.62. The normalized spacial score (nSPS) is 12.4. The van der Waals surface area contributed by atoms with E-state index in [0.29, 0.717) is 6.54 Å². The van der Waals surface area contributed by atoms with E-state index in [1.54, 1.807) is 12.1 Å². The van der Waals surface area contributed by atoms with E-state index in [9.17, 15) is 4.79 Å². The lowest BCUT2D eigenvalue weighted by atomic mass is 10.1. The molecule has 1 atom stereocenters. The van der Waals surface area contributed by atoms with Gasteiger partial charge in [0.2, 0.25) is 0 Å². The summed E-state index contributed by atoms with van der Waals surface area (Å²) in [6.45, 7) is 2.53. The fourth-order valence-electron chi connectivity index (χ4n) is 1.20. The Morgan fingerprint density at radius 3 is 2.54 bits per heavy atom. The van der Waals surface area contributed by atoms with Gasteiger partial charge in [0.25, 0.3) is 0 Å². The highest BCUT2D eigenvalue weighted by atomic mass is 16.4. The lowest BCUT2D eigenvalue weighted by Gasteiger charge is -2.12. The molecule has 0 amide bonds. The van der Waals surface area contributed by atoms with Gasteiger partial charge in [-0.15, -0.1) is 0 Å². The predicted molar refractivity (Wildman–Crippen MR) is 50.5 cm³/mol.